The SMILES string of the molecule is Cc1nc(C)c(CC(=O)N2CCCC[C@H]2c2ncc(Cc3ccccc3)o2)s1. The molecule has 0 bridgehead atoms. The molecule has 3 aromatic rings. The quantitative estimate of drug-likeness (QED) is 0.632. The molecule has 0 spiro atoms. The van der Waals surface area contributed by atoms with E-state index in [0.29, 0.717) is 18.7 Å². The van der Waals surface area contributed by atoms with Gasteiger partial charge in [0.15, 0.2) is 0 Å². The van der Waals surface area contributed by atoms with Crippen LogP contribution < -0.4 is 0 Å². The van der Waals surface area contributed by atoms with Gasteiger partial charge in [-0.3, -0.25) is 4.79 Å². The number of likely N-dealkylation sites (tertiary alicyclic amines) is 1. The van der Waals surface area contributed by atoms with E-state index in [1.165, 1.54) is 5.56 Å². The molecule has 1 amide bonds. The number of hydrogen-bond acceptors (Lipinski definition) is 5. The molecule has 2 aromatic heterocycles. The predicted octanol–water partition coefficient (Wildman–Crippen LogP) is 4.64. The summed E-state index contributed by atoms with van der Waals surface area (Å²) in [6, 6.07) is 10.2. The van der Waals surface area contributed by atoms with Crippen LogP contribution >= 0.6 is 11.3 Å². The Morgan fingerprint density at radius 1 is 1.25 bits per heavy atom. The second kappa shape index (κ2) is 8.27. The number of aryl methyl sites for hydroxylation is 2. The summed E-state index contributed by atoms with van der Waals surface area (Å²) in [7, 11) is 0. The Bertz CT molecular complexity index is 948. The van der Waals surface area contributed by atoms with Crippen molar-refractivity contribution in [2.45, 2.75) is 52.0 Å². The molecule has 5 nitrogen and oxygen atoms in total. The van der Waals surface area contributed by atoms with Gasteiger partial charge in [-0.1, -0.05) is 30.3 Å². The van der Waals surface area contributed by atoms with E-state index >= 15 is 0 Å². The van der Waals surface area contributed by atoms with Crippen molar-refractivity contribution in [3.8, 4) is 0 Å². The third-order valence-corrected chi connectivity index (χ3v) is 6.29. The zero-order valence-electron chi connectivity index (χ0n) is 16.4. The highest BCUT2D eigenvalue weighted by Crippen LogP contribution is 2.32. The van der Waals surface area contributed by atoms with Gasteiger partial charge in [-0.15, -0.1) is 11.3 Å². The van der Waals surface area contributed by atoms with Crippen molar-refractivity contribution in [2.75, 3.05) is 6.54 Å². The smallest absolute Gasteiger partial charge is 0.228 e. The number of nitrogens with zero attached hydrogens (tertiary/aromatic N) is 3. The Balaban J connectivity index is 1.49. The maximum absolute atomic E-state index is 13.0. The molecular weight excluding hydrogens is 370 g/mol. The molecule has 0 saturated carbocycles. The van der Waals surface area contributed by atoms with E-state index in [1.54, 1.807) is 17.5 Å². The van der Waals surface area contributed by atoms with Crippen molar-refractivity contribution in [1.82, 2.24) is 14.9 Å². The first-order chi connectivity index (χ1) is 13.6. The summed E-state index contributed by atoms with van der Waals surface area (Å²) in [6.07, 6.45) is 5.94. The summed E-state index contributed by atoms with van der Waals surface area (Å²) >= 11 is 1.61. The van der Waals surface area contributed by atoms with Crippen molar-refractivity contribution in [3.05, 3.63) is 69.3 Å². The summed E-state index contributed by atoms with van der Waals surface area (Å²) in [5.41, 5.74) is 2.16. The molecule has 1 atom stereocenters. The van der Waals surface area contributed by atoms with Crippen LogP contribution in [0, 0.1) is 13.8 Å². The third kappa shape index (κ3) is 4.17. The van der Waals surface area contributed by atoms with Crippen LogP contribution in [-0.4, -0.2) is 27.3 Å². The number of benzene rings is 1. The van der Waals surface area contributed by atoms with Gasteiger partial charge in [0.1, 0.15) is 11.8 Å². The fourth-order valence-electron chi connectivity index (χ4n) is 3.82. The zero-order valence-corrected chi connectivity index (χ0v) is 17.2. The van der Waals surface area contributed by atoms with Gasteiger partial charge in [0.2, 0.25) is 11.8 Å². The van der Waals surface area contributed by atoms with E-state index in [9.17, 15) is 4.79 Å². The van der Waals surface area contributed by atoms with Crippen molar-refractivity contribution in [3.63, 3.8) is 0 Å². The molecule has 28 heavy (non-hydrogen) atoms. The molecule has 0 N–H and O–H groups in total. The van der Waals surface area contributed by atoms with E-state index < -0.39 is 0 Å². The van der Waals surface area contributed by atoms with Crippen LogP contribution in [0.3, 0.4) is 0 Å². The number of aromatic nitrogens is 2. The molecular formula is C22H25N3O2S. The highest BCUT2D eigenvalue weighted by atomic mass is 32.1. The lowest BCUT2D eigenvalue weighted by molar-refractivity contribution is -0.134. The summed E-state index contributed by atoms with van der Waals surface area (Å²) in [5, 5.41) is 1.01. The average Bonchev–Trinajstić information content (AvgIpc) is 3.28. The van der Waals surface area contributed by atoms with Crippen LogP contribution in [0.15, 0.2) is 40.9 Å². The Kier molecular flexibility index (Phi) is 5.57. The average molecular weight is 396 g/mol. The topological polar surface area (TPSA) is 59.2 Å². The number of amides is 1. The van der Waals surface area contributed by atoms with Gasteiger partial charge >= 0.3 is 0 Å². The van der Waals surface area contributed by atoms with E-state index in [-0.39, 0.29) is 11.9 Å². The Morgan fingerprint density at radius 3 is 2.82 bits per heavy atom. The molecule has 3 heterocycles. The van der Waals surface area contributed by atoms with Crippen LogP contribution in [0.5, 0.6) is 0 Å². The van der Waals surface area contributed by atoms with Gasteiger partial charge in [0.25, 0.3) is 0 Å². The minimum Gasteiger partial charge on any atom is -0.443 e. The number of piperidine rings is 1. The van der Waals surface area contributed by atoms with Gasteiger partial charge in [-0.2, -0.15) is 0 Å². The number of oxazole rings is 1. The molecule has 1 aromatic carbocycles. The number of carbonyl (C=O) groups excluding carboxylic acids is 1. The molecule has 1 saturated heterocycles. The van der Waals surface area contributed by atoms with Crippen molar-refractivity contribution in [1.29, 1.82) is 0 Å². The number of carbonyl (C=O) groups is 1. The molecule has 0 radical (unpaired) electrons. The normalized spacial score (nSPS) is 17.1. The molecule has 0 unspecified atom stereocenters. The molecule has 0 aliphatic carbocycles. The fraction of sp³-hybridized carbons (Fsp3) is 0.409. The van der Waals surface area contributed by atoms with Gasteiger partial charge in [0, 0.05) is 17.8 Å². The summed E-state index contributed by atoms with van der Waals surface area (Å²) in [6.45, 7) is 4.72. The maximum atomic E-state index is 13.0. The molecule has 1 aliphatic heterocycles. The van der Waals surface area contributed by atoms with E-state index in [4.69, 9.17) is 4.42 Å². The highest BCUT2D eigenvalue weighted by molar-refractivity contribution is 7.11. The summed E-state index contributed by atoms with van der Waals surface area (Å²) in [5.74, 6) is 1.64. The van der Waals surface area contributed by atoms with Gasteiger partial charge in [-0.05, 0) is 38.7 Å². The summed E-state index contributed by atoms with van der Waals surface area (Å²) in [4.78, 5) is 25.0. The van der Waals surface area contributed by atoms with Crippen LogP contribution in [0.25, 0.3) is 0 Å². The number of rotatable bonds is 5. The van der Waals surface area contributed by atoms with Crippen LogP contribution in [0.2, 0.25) is 0 Å². The first-order valence-corrected chi connectivity index (χ1v) is 10.6. The largest absolute Gasteiger partial charge is 0.443 e. The van der Waals surface area contributed by atoms with Crippen molar-refractivity contribution >= 4 is 17.2 Å². The lowest BCUT2D eigenvalue weighted by atomic mass is 10.0. The molecule has 146 valence electrons. The highest BCUT2D eigenvalue weighted by Gasteiger charge is 2.31. The third-order valence-electron chi connectivity index (χ3n) is 5.21. The van der Waals surface area contributed by atoms with Gasteiger partial charge in [-0.25, -0.2) is 9.97 Å². The molecule has 1 aliphatic rings. The lowest BCUT2D eigenvalue weighted by Crippen LogP contribution is -2.39. The van der Waals surface area contributed by atoms with Gasteiger partial charge < -0.3 is 9.32 Å². The van der Waals surface area contributed by atoms with Gasteiger partial charge in [0.05, 0.1) is 23.3 Å². The van der Waals surface area contributed by atoms with Crippen molar-refractivity contribution in [2.24, 2.45) is 0 Å². The monoisotopic (exact) mass is 395 g/mol. The van der Waals surface area contributed by atoms with E-state index in [0.717, 1.165) is 47.1 Å². The first kappa shape index (κ1) is 18.9. The molecule has 4 rings (SSSR count). The standard InChI is InChI=1S/C22H25N3O2S/c1-15-20(28-16(2)24-15)13-21(26)25-11-7-6-10-19(25)22-23-14-18(27-22)12-17-8-4-3-5-9-17/h3-5,8-9,14,19H,6-7,10-13H2,1-2H3/t19-/m0/s1. The summed E-state index contributed by atoms with van der Waals surface area (Å²) < 4.78 is 6.07. The number of hydrogen-bond donors (Lipinski definition) is 0. The molecule has 1 fully saturated rings. The first-order valence-electron chi connectivity index (χ1n) is 9.81. The Morgan fingerprint density at radius 2 is 2.07 bits per heavy atom. The number of thiazole rings is 1. The Labute approximate surface area is 169 Å². The van der Waals surface area contributed by atoms with Crippen LogP contribution in [0.4, 0.5) is 0 Å². The minimum atomic E-state index is -0.0694. The fourth-order valence-corrected chi connectivity index (χ4v) is 4.75. The van der Waals surface area contributed by atoms with Crippen LogP contribution in [0.1, 0.15) is 58.1 Å². The minimum absolute atomic E-state index is 0.0694. The van der Waals surface area contributed by atoms with E-state index in [2.05, 4.69) is 22.1 Å². The Hall–Kier alpha value is -2.47. The van der Waals surface area contributed by atoms with Crippen molar-refractivity contribution < 1.29 is 9.21 Å². The predicted molar refractivity (Wildman–Crippen MR) is 109 cm³/mol. The zero-order chi connectivity index (χ0) is 19.5. The second-order valence-corrected chi connectivity index (χ2v) is 8.63. The van der Waals surface area contributed by atoms with E-state index in [1.807, 2.05) is 36.9 Å². The maximum Gasteiger partial charge on any atom is 0.228 e. The van der Waals surface area contributed by atoms with Crippen LogP contribution in [-0.2, 0) is 17.6 Å². The molecule has 6 heteroatoms. The second-order valence-electron chi connectivity index (χ2n) is 7.34. The lowest BCUT2D eigenvalue weighted by Gasteiger charge is -2.33.